The second-order valence-electron chi connectivity index (χ2n) is 16.8. The van der Waals surface area contributed by atoms with Gasteiger partial charge in [-0.05, 0) is 127 Å². The minimum Gasteiger partial charge on any atom is -0.309 e. The van der Waals surface area contributed by atoms with Gasteiger partial charge in [-0.25, -0.2) is 0 Å². The number of aromatic nitrogens is 2. The van der Waals surface area contributed by atoms with Gasteiger partial charge >= 0.3 is 0 Å². The zero-order chi connectivity index (χ0) is 42.1. The van der Waals surface area contributed by atoms with Gasteiger partial charge in [-0.1, -0.05) is 182 Å². The molecule has 0 spiro atoms. The predicted octanol–water partition coefficient (Wildman–Crippen LogP) is 16.9. The molecule has 13 aromatic rings. The summed E-state index contributed by atoms with van der Waals surface area (Å²) in [6, 6.07) is 88.9. The highest BCUT2D eigenvalue weighted by atomic mass is 15.0. The Morgan fingerprint density at radius 3 is 0.969 bits per heavy atom. The van der Waals surface area contributed by atoms with Crippen LogP contribution in [-0.4, -0.2) is 9.13 Å². The molecule has 0 atom stereocenters. The first kappa shape index (κ1) is 36.2. The van der Waals surface area contributed by atoms with Gasteiger partial charge < -0.3 is 9.13 Å². The minimum absolute atomic E-state index is 1.14. The molecule has 0 fully saturated rings. The molecule has 0 bridgehead atoms. The Kier molecular flexibility index (Phi) is 8.25. The zero-order valence-corrected chi connectivity index (χ0v) is 35.0. The molecular weight excluding hydrogens is 773 g/mol. The van der Waals surface area contributed by atoms with Crippen LogP contribution in [0.4, 0.5) is 0 Å². The summed E-state index contributed by atoms with van der Waals surface area (Å²) in [6.07, 6.45) is 0. The van der Waals surface area contributed by atoms with Gasteiger partial charge in [0.05, 0.1) is 22.1 Å². The van der Waals surface area contributed by atoms with Crippen LogP contribution in [0, 0.1) is 0 Å². The average molecular weight is 813 g/mol. The van der Waals surface area contributed by atoms with Gasteiger partial charge in [0.1, 0.15) is 0 Å². The van der Waals surface area contributed by atoms with Crippen molar-refractivity contribution in [2.24, 2.45) is 0 Å². The molecule has 0 unspecified atom stereocenters. The van der Waals surface area contributed by atoms with Crippen molar-refractivity contribution in [1.29, 1.82) is 0 Å². The second-order valence-corrected chi connectivity index (χ2v) is 16.8. The molecule has 2 nitrogen and oxygen atoms in total. The lowest BCUT2D eigenvalue weighted by Gasteiger charge is -2.18. The Morgan fingerprint density at radius 1 is 0.188 bits per heavy atom. The van der Waals surface area contributed by atoms with Crippen molar-refractivity contribution in [3.63, 3.8) is 0 Å². The summed E-state index contributed by atoms with van der Waals surface area (Å²) >= 11 is 0. The fraction of sp³-hybridized carbons (Fsp3) is 0. The summed E-state index contributed by atoms with van der Waals surface area (Å²) < 4.78 is 4.80. The second kappa shape index (κ2) is 14.6. The largest absolute Gasteiger partial charge is 0.309 e. The molecule has 298 valence electrons. The van der Waals surface area contributed by atoms with E-state index in [9.17, 15) is 0 Å². The summed E-state index contributed by atoms with van der Waals surface area (Å²) in [7, 11) is 0. The summed E-state index contributed by atoms with van der Waals surface area (Å²) in [6.45, 7) is 0. The maximum Gasteiger partial charge on any atom is 0.0541 e. The number of benzene rings is 11. The van der Waals surface area contributed by atoms with Gasteiger partial charge in [-0.3, -0.25) is 0 Å². The fourth-order valence-corrected chi connectivity index (χ4v) is 10.4. The number of para-hydroxylation sites is 3. The van der Waals surface area contributed by atoms with E-state index < -0.39 is 0 Å². The van der Waals surface area contributed by atoms with Gasteiger partial charge in [0, 0.05) is 32.9 Å². The number of hydrogen-bond donors (Lipinski definition) is 0. The molecule has 0 saturated carbocycles. The van der Waals surface area contributed by atoms with Crippen molar-refractivity contribution < 1.29 is 0 Å². The van der Waals surface area contributed by atoms with Crippen LogP contribution in [0.5, 0.6) is 0 Å². The van der Waals surface area contributed by atoms with Crippen molar-refractivity contribution in [1.82, 2.24) is 9.13 Å². The van der Waals surface area contributed by atoms with E-state index in [4.69, 9.17) is 0 Å². The zero-order valence-electron chi connectivity index (χ0n) is 35.0. The molecule has 2 aromatic heterocycles. The molecule has 0 radical (unpaired) electrons. The Balaban J connectivity index is 0.916. The number of nitrogens with zero attached hydrogens (tertiary/aromatic N) is 2. The van der Waals surface area contributed by atoms with E-state index in [-0.39, 0.29) is 0 Å². The SMILES string of the molecule is c1ccc(-c2ccc(-c3c4ccccc4c(-c4ccc(-n5c6ccccc6c6cc(-c7ccc8c(c7)c7ccccc7n8-c7ccccc7)ccc65)cc4)c4ccccc34)cc2)cc1. The standard InChI is InChI=1S/C62H40N2/c1-3-15-41(16-4-1)42-27-29-43(30-28-42)61-51-21-7-9-23-53(51)62(54-24-10-8-22-52(54)61)44-31-35-48(36-32-44)64-58-26-14-12-20-50(58)56-40-46(34-38-60(56)64)45-33-37-59-55(39-45)49-19-11-13-25-57(49)63(59)47-17-5-2-6-18-47/h1-40H. The number of rotatable bonds is 6. The molecule has 0 amide bonds. The first-order valence-electron chi connectivity index (χ1n) is 22.1. The molecule has 0 aliphatic rings. The van der Waals surface area contributed by atoms with Crippen LogP contribution in [0.25, 0.3) is 121 Å². The first-order chi connectivity index (χ1) is 31.8. The predicted molar refractivity (Wildman–Crippen MR) is 272 cm³/mol. The highest BCUT2D eigenvalue weighted by Gasteiger charge is 2.19. The molecule has 0 saturated heterocycles. The van der Waals surface area contributed by atoms with E-state index in [1.54, 1.807) is 0 Å². The topological polar surface area (TPSA) is 9.86 Å². The van der Waals surface area contributed by atoms with Crippen LogP contribution >= 0.6 is 0 Å². The highest BCUT2D eigenvalue weighted by Crippen LogP contribution is 2.45. The van der Waals surface area contributed by atoms with E-state index in [1.165, 1.54) is 115 Å². The quantitative estimate of drug-likeness (QED) is 0.148. The molecule has 11 aromatic carbocycles. The molecule has 2 heteroatoms. The van der Waals surface area contributed by atoms with Crippen molar-refractivity contribution >= 4 is 65.2 Å². The fourth-order valence-electron chi connectivity index (χ4n) is 10.4. The lowest BCUT2D eigenvalue weighted by Crippen LogP contribution is -1.95. The molecular formula is C62H40N2. The Morgan fingerprint density at radius 2 is 0.500 bits per heavy atom. The number of hydrogen-bond acceptors (Lipinski definition) is 0. The van der Waals surface area contributed by atoms with Crippen molar-refractivity contribution in [3.05, 3.63) is 243 Å². The van der Waals surface area contributed by atoms with Gasteiger partial charge in [0.2, 0.25) is 0 Å². The maximum atomic E-state index is 2.42. The molecule has 0 aliphatic carbocycles. The van der Waals surface area contributed by atoms with E-state index in [1.807, 2.05) is 0 Å². The normalized spacial score (nSPS) is 11.8. The Labute approximate surface area is 371 Å². The summed E-state index contributed by atoms with van der Waals surface area (Å²) in [5.74, 6) is 0. The van der Waals surface area contributed by atoms with Crippen LogP contribution in [0.1, 0.15) is 0 Å². The third kappa shape index (κ3) is 5.66. The van der Waals surface area contributed by atoms with E-state index in [2.05, 4.69) is 252 Å². The van der Waals surface area contributed by atoms with Crippen molar-refractivity contribution in [2.45, 2.75) is 0 Å². The summed E-state index contributed by atoms with van der Waals surface area (Å²) in [5.41, 5.74) is 17.0. The summed E-state index contributed by atoms with van der Waals surface area (Å²) in [4.78, 5) is 0. The number of fused-ring (bicyclic) bond motifs is 8. The smallest absolute Gasteiger partial charge is 0.0541 e. The van der Waals surface area contributed by atoms with Crippen LogP contribution in [0.15, 0.2) is 243 Å². The Bertz CT molecular complexity index is 3850. The lowest BCUT2D eigenvalue weighted by atomic mass is 9.85. The van der Waals surface area contributed by atoms with Crippen LogP contribution < -0.4 is 0 Å². The first-order valence-corrected chi connectivity index (χ1v) is 22.1. The van der Waals surface area contributed by atoms with E-state index in [0.29, 0.717) is 0 Å². The molecule has 13 rings (SSSR count). The maximum absolute atomic E-state index is 2.42. The van der Waals surface area contributed by atoms with Crippen molar-refractivity contribution in [2.75, 3.05) is 0 Å². The van der Waals surface area contributed by atoms with E-state index >= 15 is 0 Å². The van der Waals surface area contributed by atoms with Gasteiger partial charge in [-0.2, -0.15) is 0 Å². The van der Waals surface area contributed by atoms with Gasteiger partial charge in [-0.15, -0.1) is 0 Å². The van der Waals surface area contributed by atoms with Crippen LogP contribution in [0.3, 0.4) is 0 Å². The van der Waals surface area contributed by atoms with E-state index in [0.717, 1.165) is 5.69 Å². The third-order valence-corrected chi connectivity index (χ3v) is 13.3. The van der Waals surface area contributed by atoms with Crippen LogP contribution in [-0.2, 0) is 0 Å². The van der Waals surface area contributed by atoms with Gasteiger partial charge in [0.25, 0.3) is 0 Å². The molecule has 0 aliphatic heterocycles. The highest BCUT2D eigenvalue weighted by molar-refractivity contribution is 6.21. The van der Waals surface area contributed by atoms with Gasteiger partial charge in [0.15, 0.2) is 0 Å². The Hall–Kier alpha value is -8.46. The van der Waals surface area contributed by atoms with Crippen molar-refractivity contribution in [3.8, 4) is 55.9 Å². The van der Waals surface area contributed by atoms with Crippen LogP contribution in [0.2, 0.25) is 0 Å². The summed E-state index contributed by atoms with van der Waals surface area (Å²) in [5, 5.41) is 10.0. The molecule has 64 heavy (non-hydrogen) atoms. The average Bonchev–Trinajstić information content (AvgIpc) is 3.88. The minimum atomic E-state index is 1.14. The molecule has 0 N–H and O–H groups in total. The lowest BCUT2D eigenvalue weighted by molar-refractivity contribution is 1.18. The monoisotopic (exact) mass is 812 g/mol. The molecule has 2 heterocycles. The third-order valence-electron chi connectivity index (χ3n) is 13.3.